The molecule has 4 amide bonds. The van der Waals surface area contributed by atoms with Gasteiger partial charge in [0.1, 0.15) is 18.0 Å². The number of anilines is 1. The van der Waals surface area contributed by atoms with Crippen LogP contribution in [0.5, 0.6) is 5.75 Å². The van der Waals surface area contributed by atoms with E-state index in [2.05, 4.69) is 16.6 Å². The lowest BCUT2D eigenvalue weighted by Gasteiger charge is -2.55. The summed E-state index contributed by atoms with van der Waals surface area (Å²) in [6.45, 7) is 4.20. The number of rotatable bonds is 10. The number of benzene rings is 3. The van der Waals surface area contributed by atoms with Crippen molar-refractivity contribution in [2.24, 2.45) is 5.14 Å². The fraction of sp³-hybridized carbons (Fsp3) is 0.258. The van der Waals surface area contributed by atoms with Gasteiger partial charge in [-0.05, 0) is 41.0 Å². The molecule has 13 nitrogen and oxygen atoms in total. The number of phenols is 1. The first kappa shape index (κ1) is 31.5. The maximum Gasteiger partial charge on any atom is 0.334 e. The van der Waals surface area contributed by atoms with Crippen molar-refractivity contribution < 1.29 is 27.9 Å². The van der Waals surface area contributed by atoms with E-state index in [9.17, 15) is 27.9 Å². The van der Waals surface area contributed by atoms with E-state index in [0.29, 0.717) is 11.1 Å². The van der Waals surface area contributed by atoms with Gasteiger partial charge >= 0.3 is 6.03 Å². The topological polar surface area (TPSA) is 169 Å². The Morgan fingerprint density at radius 3 is 2.40 bits per heavy atom. The van der Waals surface area contributed by atoms with E-state index >= 15 is 0 Å². The van der Waals surface area contributed by atoms with Crippen molar-refractivity contribution in [2.75, 3.05) is 24.4 Å². The van der Waals surface area contributed by atoms with E-state index in [1.807, 2.05) is 30.3 Å². The van der Waals surface area contributed by atoms with E-state index in [1.54, 1.807) is 46.3 Å². The highest BCUT2D eigenvalue weighted by atomic mass is 32.2. The van der Waals surface area contributed by atoms with Crippen LogP contribution in [0.1, 0.15) is 16.7 Å². The van der Waals surface area contributed by atoms with Crippen molar-refractivity contribution in [1.29, 1.82) is 0 Å². The molecule has 1 unspecified atom stereocenters. The van der Waals surface area contributed by atoms with Gasteiger partial charge in [0.25, 0.3) is 10.2 Å². The van der Waals surface area contributed by atoms with Crippen LogP contribution in [0.3, 0.4) is 0 Å². The molecule has 236 valence electrons. The zero-order chi connectivity index (χ0) is 32.1. The van der Waals surface area contributed by atoms with Crippen LogP contribution in [0.15, 0.2) is 91.5 Å². The van der Waals surface area contributed by atoms with E-state index in [4.69, 9.17) is 5.14 Å². The minimum atomic E-state index is -4.02. The second-order valence-corrected chi connectivity index (χ2v) is 12.2. The van der Waals surface area contributed by atoms with Gasteiger partial charge < -0.3 is 20.2 Å². The monoisotopic (exact) mass is 633 g/mol. The molecule has 0 saturated carbocycles. The number of piperazine rings is 1. The number of carbonyl (C=O) groups excluding carboxylic acids is 3. The molecule has 0 aromatic heterocycles. The SMILES string of the molecule is C=CCN1CC(=O)N2C(Cc3ccc(O)cc3)C(=O)N(Cc3cccc(NS(N)(=O)=O)c3)C[C@@H]2N1C(=O)NCc1ccccc1. The molecule has 14 heteroatoms. The molecule has 0 bridgehead atoms. The Bertz CT molecular complexity index is 1670. The minimum absolute atomic E-state index is 0.00407. The van der Waals surface area contributed by atoms with Crippen molar-refractivity contribution in [2.45, 2.75) is 31.7 Å². The third-order valence-electron chi connectivity index (χ3n) is 7.59. The number of amides is 4. The molecule has 5 N–H and O–H groups in total. The number of hydrazine groups is 1. The second kappa shape index (κ2) is 13.4. The van der Waals surface area contributed by atoms with E-state index in [-0.39, 0.29) is 62.4 Å². The summed E-state index contributed by atoms with van der Waals surface area (Å²) in [4.78, 5) is 44.7. The summed E-state index contributed by atoms with van der Waals surface area (Å²) in [6.07, 6.45) is 0.892. The third-order valence-corrected chi connectivity index (χ3v) is 8.11. The van der Waals surface area contributed by atoms with Gasteiger partial charge in [-0.2, -0.15) is 8.42 Å². The minimum Gasteiger partial charge on any atom is -0.508 e. The van der Waals surface area contributed by atoms with Gasteiger partial charge in [0.15, 0.2) is 0 Å². The normalized spacial score (nSPS) is 18.8. The quantitative estimate of drug-likeness (QED) is 0.247. The van der Waals surface area contributed by atoms with Gasteiger partial charge in [0.05, 0.1) is 18.8 Å². The van der Waals surface area contributed by atoms with Crippen LogP contribution in [0, 0.1) is 0 Å². The average Bonchev–Trinajstić information content (AvgIpc) is 2.99. The number of nitrogens with one attached hydrogen (secondary N) is 2. The summed E-state index contributed by atoms with van der Waals surface area (Å²) in [5.41, 5.74) is 2.45. The molecule has 2 aliphatic heterocycles. The molecular formula is C31H35N7O6S. The van der Waals surface area contributed by atoms with Crippen LogP contribution in [-0.4, -0.2) is 83.0 Å². The smallest absolute Gasteiger partial charge is 0.334 e. The van der Waals surface area contributed by atoms with E-state index in [1.165, 1.54) is 28.1 Å². The standard InChI is InChI=1S/C31H35N7O6S/c1-2-15-36-21-29(40)37-27(17-22-11-13-26(39)14-12-22)30(41)35(19-24-9-6-10-25(16-24)34-45(32,43)44)20-28(37)38(36)31(42)33-18-23-7-4-3-5-8-23/h2-14,16,27-28,34,39H,1,15,17-21H2,(H,33,42)(H2,32,43,44)/t27?,28-/m0/s1. The number of urea groups is 1. The molecule has 5 rings (SSSR count). The lowest BCUT2D eigenvalue weighted by molar-refractivity contribution is -0.189. The van der Waals surface area contributed by atoms with Crippen LogP contribution in [0.2, 0.25) is 0 Å². The lowest BCUT2D eigenvalue weighted by Crippen LogP contribution is -2.76. The fourth-order valence-corrected chi connectivity index (χ4v) is 6.13. The molecule has 0 spiro atoms. The molecule has 3 aromatic rings. The Balaban J connectivity index is 1.49. The van der Waals surface area contributed by atoms with Crippen molar-refractivity contribution in [3.63, 3.8) is 0 Å². The largest absolute Gasteiger partial charge is 0.508 e. The lowest BCUT2D eigenvalue weighted by atomic mass is 9.98. The second-order valence-electron chi connectivity index (χ2n) is 10.9. The van der Waals surface area contributed by atoms with Crippen LogP contribution in [-0.2, 0) is 39.3 Å². The first-order chi connectivity index (χ1) is 21.5. The zero-order valence-corrected chi connectivity index (χ0v) is 25.3. The van der Waals surface area contributed by atoms with Gasteiger partial charge in [0.2, 0.25) is 11.8 Å². The molecule has 0 radical (unpaired) electrons. The number of fused-ring (bicyclic) bond motifs is 1. The molecule has 0 aliphatic carbocycles. The van der Waals surface area contributed by atoms with Crippen molar-refractivity contribution >= 4 is 33.7 Å². The molecular weight excluding hydrogens is 598 g/mol. The Morgan fingerprint density at radius 2 is 1.71 bits per heavy atom. The van der Waals surface area contributed by atoms with Crippen LogP contribution in [0.4, 0.5) is 10.5 Å². The molecule has 2 atom stereocenters. The molecule has 2 heterocycles. The van der Waals surface area contributed by atoms with Crippen LogP contribution in [0.25, 0.3) is 0 Å². The van der Waals surface area contributed by atoms with Gasteiger partial charge in [-0.15, -0.1) is 6.58 Å². The maximum absolute atomic E-state index is 14.1. The van der Waals surface area contributed by atoms with Gasteiger partial charge in [-0.3, -0.25) is 14.3 Å². The molecule has 2 fully saturated rings. The summed E-state index contributed by atoms with van der Waals surface area (Å²) in [5, 5.41) is 21.0. The summed E-state index contributed by atoms with van der Waals surface area (Å²) in [6, 6.07) is 20.9. The molecule has 3 aromatic carbocycles. The maximum atomic E-state index is 14.1. The number of nitrogens with two attached hydrogens (primary N) is 1. The predicted molar refractivity (Wildman–Crippen MR) is 167 cm³/mol. The average molecular weight is 634 g/mol. The first-order valence-electron chi connectivity index (χ1n) is 14.3. The van der Waals surface area contributed by atoms with Crippen molar-refractivity contribution in [3.8, 4) is 5.75 Å². The predicted octanol–water partition coefficient (Wildman–Crippen LogP) is 1.74. The van der Waals surface area contributed by atoms with Crippen LogP contribution >= 0.6 is 0 Å². The highest BCUT2D eigenvalue weighted by Crippen LogP contribution is 2.30. The Labute approximate surface area is 261 Å². The summed E-state index contributed by atoms with van der Waals surface area (Å²) < 4.78 is 25.4. The number of carbonyl (C=O) groups is 3. The zero-order valence-electron chi connectivity index (χ0n) is 24.5. The fourth-order valence-electron chi connectivity index (χ4n) is 5.67. The van der Waals surface area contributed by atoms with E-state index < -0.39 is 28.4 Å². The molecule has 2 aliphatic rings. The number of nitrogens with zero attached hydrogens (tertiary/aromatic N) is 4. The molecule has 2 saturated heterocycles. The summed E-state index contributed by atoms with van der Waals surface area (Å²) in [7, 11) is -4.02. The number of hydrogen-bond donors (Lipinski definition) is 4. The van der Waals surface area contributed by atoms with Crippen molar-refractivity contribution in [3.05, 3.63) is 108 Å². The number of phenolic OH excluding ortho intramolecular Hbond substituents is 1. The van der Waals surface area contributed by atoms with E-state index in [0.717, 1.165) is 5.56 Å². The van der Waals surface area contributed by atoms with Gasteiger partial charge in [0, 0.05) is 26.1 Å². The van der Waals surface area contributed by atoms with Crippen molar-refractivity contribution in [1.82, 2.24) is 25.1 Å². The van der Waals surface area contributed by atoms with Gasteiger partial charge in [-0.1, -0.05) is 60.7 Å². The third kappa shape index (κ3) is 7.60. The highest BCUT2D eigenvalue weighted by Gasteiger charge is 2.51. The first-order valence-corrected chi connectivity index (χ1v) is 15.8. The summed E-state index contributed by atoms with van der Waals surface area (Å²) in [5.74, 6) is -0.582. The Kier molecular flexibility index (Phi) is 9.37. The highest BCUT2D eigenvalue weighted by molar-refractivity contribution is 7.90. The Morgan fingerprint density at radius 1 is 1.00 bits per heavy atom. The summed E-state index contributed by atoms with van der Waals surface area (Å²) >= 11 is 0. The Hall–Kier alpha value is -4.92. The number of aromatic hydroxyl groups is 1. The van der Waals surface area contributed by atoms with Crippen LogP contribution < -0.4 is 15.2 Å². The van der Waals surface area contributed by atoms with Gasteiger partial charge in [-0.25, -0.2) is 20.0 Å². The number of hydrogen-bond acceptors (Lipinski definition) is 7. The molecule has 45 heavy (non-hydrogen) atoms.